The largest absolute Gasteiger partial charge is 0.502 e. The lowest BCUT2D eigenvalue weighted by Gasteiger charge is -2.16. The molecule has 0 saturated carbocycles. The molecule has 4 heteroatoms. The van der Waals surface area contributed by atoms with Gasteiger partial charge >= 0.3 is 0 Å². The van der Waals surface area contributed by atoms with E-state index in [1.54, 1.807) is 0 Å². The van der Waals surface area contributed by atoms with Gasteiger partial charge < -0.3 is 15.8 Å². The van der Waals surface area contributed by atoms with Gasteiger partial charge in [0.2, 0.25) is 5.91 Å². The Morgan fingerprint density at radius 3 is 2.76 bits per heavy atom. The van der Waals surface area contributed by atoms with E-state index in [2.05, 4.69) is 25.7 Å². The van der Waals surface area contributed by atoms with Crippen molar-refractivity contribution in [2.45, 2.75) is 33.1 Å². The molecule has 3 N–H and O–H groups in total. The van der Waals surface area contributed by atoms with Gasteiger partial charge in [0.25, 0.3) is 0 Å². The molecule has 0 spiro atoms. The molecule has 0 radical (unpaired) electrons. The van der Waals surface area contributed by atoms with E-state index in [4.69, 9.17) is 10.5 Å². The van der Waals surface area contributed by atoms with Crippen LogP contribution in [0.1, 0.15) is 33.1 Å². The van der Waals surface area contributed by atoms with Gasteiger partial charge in [-0.2, -0.15) is 0 Å². The molecule has 4 nitrogen and oxygen atoms in total. The number of nitrogens with one attached hydrogen (secondary N) is 1. The number of ether oxygens (including phenoxy) is 1. The molecule has 0 bridgehead atoms. The molecule has 0 aliphatic carbocycles. The molecule has 17 heavy (non-hydrogen) atoms. The lowest BCUT2D eigenvalue weighted by Crippen LogP contribution is -2.29. The summed E-state index contributed by atoms with van der Waals surface area (Å²) in [5.41, 5.74) is 5.65. The highest BCUT2D eigenvalue weighted by Crippen LogP contribution is 2.13. The van der Waals surface area contributed by atoms with Crippen LogP contribution in [-0.2, 0) is 9.53 Å². The summed E-state index contributed by atoms with van der Waals surface area (Å²) in [6.45, 7) is 9.55. The maximum Gasteiger partial charge on any atom is 0.220 e. The second-order valence-electron chi connectivity index (χ2n) is 4.68. The van der Waals surface area contributed by atoms with Gasteiger partial charge in [-0.25, -0.2) is 0 Å². The van der Waals surface area contributed by atoms with Gasteiger partial charge in [0.05, 0.1) is 12.9 Å². The average Bonchev–Trinajstić information content (AvgIpc) is 2.27. The van der Waals surface area contributed by atoms with Crippen molar-refractivity contribution in [3.05, 3.63) is 12.8 Å². The summed E-state index contributed by atoms with van der Waals surface area (Å²) in [5, 5.41) is 2.87. The first-order valence-electron chi connectivity index (χ1n) is 6.29. The number of carbonyl (C=O) groups excluding carboxylic acids is 1. The molecule has 0 rings (SSSR count). The quantitative estimate of drug-likeness (QED) is 0.452. The topological polar surface area (TPSA) is 64.3 Å². The number of nitrogens with two attached hydrogens (primary N) is 1. The van der Waals surface area contributed by atoms with Crippen LogP contribution < -0.4 is 11.1 Å². The van der Waals surface area contributed by atoms with Crippen LogP contribution in [0.2, 0.25) is 0 Å². The van der Waals surface area contributed by atoms with Gasteiger partial charge in [-0.3, -0.25) is 4.79 Å². The smallest absolute Gasteiger partial charge is 0.220 e. The third-order valence-corrected chi connectivity index (χ3v) is 2.49. The number of carbonyl (C=O) groups is 1. The second-order valence-corrected chi connectivity index (χ2v) is 4.68. The molecule has 0 aromatic carbocycles. The predicted molar refractivity (Wildman–Crippen MR) is 70.4 cm³/mol. The number of rotatable bonds is 10. The second kappa shape index (κ2) is 10.1. The summed E-state index contributed by atoms with van der Waals surface area (Å²) in [6.07, 6.45) is 3.74. The minimum Gasteiger partial charge on any atom is -0.502 e. The molecule has 0 aliphatic rings. The Balaban J connectivity index is 3.64. The van der Waals surface area contributed by atoms with Crippen molar-refractivity contribution in [3.8, 4) is 0 Å². The third-order valence-electron chi connectivity index (χ3n) is 2.49. The summed E-state index contributed by atoms with van der Waals surface area (Å²) >= 11 is 0. The van der Waals surface area contributed by atoms with Crippen molar-refractivity contribution in [2.24, 2.45) is 17.6 Å². The summed E-state index contributed by atoms with van der Waals surface area (Å²) in [5.74, 6) is 0.955. The van der Waals surface area contributed by atoms with Crippen molar-refractivity contribution in [1.29, 1.82) is 0 Å². The average molecular weight is 242 g/mol. The number of hydrogen-bond acceptors (Lipinski definition) is 3. The molecular formula is C13H26N2O2. The van der Waals surface area contributed by atoms with E-state index < -0.39 is 0 Å². The third kappa shape index (κ3) is 9.87. The molecule has 1 unspecified atom stereocenters. The van der Waals surface area contributed by atoms with E-state index in [0.29, 0.717) is 38.0 Å². The summed E-state index contributed by atoms with van der Waals surface area (Å²) in [4.78, 5) is 11.6. The molecule has 0 fully saturated rings. The molecule has 1 atom stereocenters. The van der Waals surface area contributed by atoms with Crippen LogP contribution in [0.5, 0.6) is 0 Å². The first-order chi connectivity index (χ1) is 8.10. The van der Waals surface area contributed by atoms with Gasteiger partial charge in [-0.15, -0.1) is 0 Å². The van der Waals surface area contributed by atoms with Gasteiger partial charge in [0.1, 0.15) is 0 Å². The highest BCUT2D eigenvalue weighted by Gasteiger charge is 2.13. The fourth-order valence-electron chi connectivity index (χ4n) is 1.73. The van der Waals surface area contributed by atoms with E-state index >= 15 is 0 Å². The Morgan fingerprint density at radius 1 is 1.53 bits per heavy atom. The van der Waals surface area contributed by atoms with Crippen LogP contribution in [0.4, 0.5) is 0 Å². The van der Waals surface area contributed by atoms with Crippen LogP contribution in [0.15, 0.2) is 12.8 Å². The highest BCUT2D eigenvalue weighted by molar-refractivity contribution is 5.76. The lowest BCUT2D eigenvalue weighted by atomic mass is 9.94. The first kappa shape index (κ1) is 16.0. The first-order valence-corrected chi connectivity index (χ1v) is 6.29. The molecule has 0 aliphatic heterocycles. The number of amides is 1. The zero-order valence-corrected chi connectivity index (χ0v) is 11.1. The number of hydrogen-bond donors (Lipinski definition) is 2. The molecule has 0 aromatic heterocycles. The van der Waals surface area contributed by atoms with Crippen LogP contribution in [0, 0.1) is 11.8 Å². The van der Waals surface area contributed by atoms with E-state index in [9.17, 15) is 4.79 Å². The van der Waals surface area contributed by atoms with Crippen LogP contribution in [0.3, 0.4) is 0 Å². The zero-order valence-electron chi connectivity index (χ0n) is 11.1. The molecule has 100 valence electrons. The van der Waals surface area contributed by atoms with Gasteiger partial charge in [0, 0.05) is 13.0 Å². The minimum atomic E-state index is 0.0831. The fourth-order valence-corrected chi connectivity index (χ4v) is 1.73. The summed E-state index contributed by atoms with van der Waals surface area (Å²) in [6, 6.07) is 0. The summed E-state index contributed by atoms with van der Waals surface area (Å²) in [7, 11) is 0. The Morgan fingerprint density at radius 2 is 2.24 bits per heavy atom. The molecule has 0 heterocycles. The maximum atomic E-state index is 11.6. The SMILES string of the molecule is C=COCCCNC(=O)CC(CN)CC(C)C. The Kier molecular flexibility index (Phi) is 9.53. The molecule has 0 aromatic rings. The van der Waals surface area contributed by atoms with E-state index in [1.807, 2.05) is 0 Å². The van der Waals surface area contributed by atoms with Crippen LogP contribution in [-0.4, -0.2) is 25.6 Å². The highest BCUT2D eigenvalue weighted by atomic mass is 16.5. The maximum absolute atomic E-state index is 11.6. The molecule has 1 amide bonds. The normalized spacial score (nSPS) is 12.2. The van der Waals surface area contributed by atoms with Crippen molar-refractivity contribution >= 4 is 5.91 Å². The standard InChI is InChI=1S/C13H26N2O2/c1-4-17-7-5-6-15-13(16)9-12(10-14)8-11(2)3/h4,11-12H,1,5-10,14H2,2-3H3,(H,15,16). The van der Waals surface area contributed by atoms with Crippen LogP contribution in [0.25, 0.3) is 0 Å². The van der Waals surface area contributed by atoms with Crippen LogP contribution >= 0.6 is 0 Å². The molecular weight excluding hydrogens is 216 g/mol. The summed E-state index contributed by atoms with van der Waals surface area (Å²) < 4.78 is 4.96. The molecule has 0 saturated heterocycles. The monoisotopic (exact) mass is 242 g/mol. The van der Waals surface area contributed by atoms with E-state index in [0.717, 1.165) is 12.8 Å². The van der Waals surface area contributed by atoms with E-state index in [-0.39, 0.29) is 5.91 Å². The minimum absolute atomic E-state index is 0.0831. The van der Waals surface area contributed by atoms with Crippen molar-refractivity contribution < 1.29 is 9.53 Å². The zero-order chi connectivity index (χ0) is 13.1. The van der Waals surface area contributed by atoms with Crippen molar-refractivity contribution in [3.63, 3.8) is 0 Å². The van der Waals surface area contributed by atoms with Crippen molar-refractivity contribution in [1.82, 2.24) is 5.32 Å². The Labute approximate surface area is 105 Å². The predicted octanol–water partition coefficient (Wildman–Crippen LogP) is 1.66. The lowest BCUT2D eigenvalue weighted by molar-refractivity contribution is -0.122. The van der Waals surface area contributed by atoms with Gasteiger partial charge in [-0.1, -0.05) is 20.4 Å². The Hall–Kier alpha value is -1.03. The van der Waals surface area contributed by atoms with Crippen molar-refractivity contribution in [2.75, 3.05) is 19.7 Å². The Bertz CT molecular complexity index is 217. The van der Waals surface area contributed by atoms with E-state index in [1.165, 1.54) is 6.26 Å². The van der Waals surface area contributed by atoms with Gasteiger partial charge in [-0.05, 0) is 31.2 Å². The van der Waals surface area contributed by atoms with Gasteiger partial charge in [0.15, 0.2) is 0 Å². The fraction of sp³-hybridized carbons (Fsp3) is 0.769.